The minimum absolute atomic E-state index is 0.523. The largest absolute Gasteiger partial charge is 0.384 e. The van der Waals surface area contributed by atoms with Crippen molar-refractivity contribution in [2.24, 2.45) is 0 Å². The van der Waals surface area contributed by atoms with E-state index < -0.39 is 0 Å². The second-order valence-electron chi connectivity index (χ2n) is 4.72. The van der Waals surface area contributed by atoms with Crippen molar-refractivity contribution < 1.29 is 0 Å². The van der Waals surface area contributed by atoms with Crippen molar-refractivity contribution in [3.8, 4) is 0 Å². The van der Waals surface area contributed by atoms with Gasteiger partial charge in [-0.1, -0.05) is 17.8 Å². The zero-order valence-electron chi connectivity index (χ0n) is 11.2. The minimum Gasteiger partial charge on any atom is -0.384 e. The molecule has 0 bridgehead atoms. The molecule has 0 aliphatic heterocycles. The van der Waals surface area contributed by atoms with Gasteiger partial charge in [0.2, 0.25) is 0 Å². The summed E-state index contributed by atoms with van der Waals surface area (Å²) >= 11 is 3.18. The molecule has 2 heterocycles. The highest BCUT2D eigenvalue weighted by Gasteiger charge is 2.26. The summed E-state index contributed by atoms with van der Waals surface area (Å²) in [6, 6.07) is 6.00. The molecule has 0 radical (unpaired) electrons. The molecular weight excluding hydrogens is 288 g/mol. The number of nitrogen functional groups attached to an aromatic ring is 1. The number of aromatic nitrogens is 3. The summed E-state index contributed by atoms with van der Waals surface area (Å²) in [7, 11) is 0. The van der Waals surface area contributed by atoms with Crippen LogP contribution in [0.1, 0.15) is 30.0 Å². The quantitative estimate of drug-likeness (QED) is 0.519. The van der Waals surface area contributed by atoms with Crippen LogP contribution >= 0.6 is 23.5 Å². The van der Waals surface area contributed by atoms with Crippen LogP contribution in [0.4, 0.5) is 5.82 Å². The predicted octanol–water partition coefficient (Wildman–Crippen LogP) is 3.35. The maximum absolute atomic E-state index is 5.80. The molecule has 0 spiro atoms. The molecule has 0 atom stereocenters. The number of rotatable bonds is 5. The third-order valence-electron chi connectivity index (χ3n) is 3.19. The Balaban J connectivity index is 1.75. The fourth-order valence-electron chi connectivity index (χ4n) is 2.06. The van der Waals surface area contributed by atoms with Crippen LogP contribution in [0.2, 0.25) is 0 Å². The van der Waals surface area contributed by atoms with Crippen LogP contribution in [0.25, 0.3) is 0 Å². The van der Waals surface area contributed by atoms with Gasteiger partial charge in [0.1, 0.15) is 10.8 Å². The van der Waals surface area contributed by atoms with Crippen molar-refractivity contribution in [3.05, 3.63) is 35.7 Å². The Kier molecular flexibility index (Phi) is 4.12. The standard InChI is InChI=1S/C14H16N4S2/c1-19-13-7-12(15)17-14(18-13)20-8-11-10(9-4-5-9)3-2-6-16-11/h2-3,6-7,9H,4-5,8H2,1H3,(H2,15,17,18). The Bertz CT molecular complexity index is 614. The van der Waals surface area contributed by atoms with Crippen LogP contribution < -0.4 is 5.73 Å². The zero-order valence-corrected chi connectivity index (χ0v) is 12.9. The molecule has 4 nitrogen and oxygen atoms in total. The lowest BCUT2D eigenvalue weighted by Crippen LogP contribution is -1.98. The molecule has 1 saturated carbocycles. The first-order valence-electron chi connectivity index (χ1n) is 6.51. The van der Waals surface area contributed by atoms with Gasteiger partial charge in [-0.25, -0.2) is 9.97 Å². The van der Waals surface area contributed by atoms with Gasteiger partial charge in [0.05, 0.1) is 5.69 Å². The maximum Gasteiger partial charge on any atom is 0.190 e. The Labute approximate surface area is 127 Å². The second-order valence-corrected chi connectivity index (χ2v) is 6.49. The Morgan fingerprint density at radius 3 is 2.95 bits per heavy atom. The summed E-state index contributed by atoms with van der Waals surface area (Å²) in [5.74, 6) is 2.03. The number of pyridine rings is 1. The zero-order chi connectivity index (χ0) is 13.9. The second kappa shape index (κ2) is 6.01. The molecular formula is C14H16N4S2. The molecule has 1 aliphatic rings. The molecule has 2 N–H and O–H groups in total. The van der Waals surface area contributed by atoms with Crippen LogP contribution in [0.5, 0.6) is 0 Å². The summed E-state index contributed by atoms with van der Waals surface area (Å²) < 4.78 is 0. The van der Waals surface area contributed by atoms with Crippen LogP contribution in [0.3, 0.4) is 0 Å². The molecule has 0 amide bonds. The van der Waals surface area contributed by atoms with Gasteiger partial charge in [-0.2, -0.15) is 0 Å². The highest BCUT2D eigenvalue weighted by Crippen LogP contribution is 2.42. The molecule has 3 rings (SSSR count). The molecule has 0 saturated heterocycles. The summed E-state index contributed by atoms with van der Waals surface area (Å²) in [6.07, 6.45) is 6.42. The third kappa shape index (κ3) is 3.24. The number of hydrogen-bond acceptors (Lipinski definition) is 6. The molecule has 1 aliphatic carbocycles. The molecule has 20 heavy (non-hydrogen) atoms. The average Bonchev–Trinajstić information content (AvgIpc) is 3.29. The van der Waals surface area contributed by atoms with Crippen molar-refractivity contribution in [1.82, 2.24) is 15.0 Å². The Morgan fingerprint density at radius 1 is 1.35 bits per heavy atom. The van der Waals surface area contributed by atoms with Crippen LogP contribution in [-0.2, 0) is 5.75 Å². The van der Waals surface area contributed by atoms with Crippen molar-refractivity contribution in [3.63, 3.8) is 0 Å². The lowest BCUT2D eigenvalue weighted by atomic mass is 10.1. The van der Waals surface area contributed by atoms with Gasteiger partial charge < -0.3 is 5.73 Å². The normalized spacial score (nSPS) is 14.4. The fraction of sp³-hybridized carbons (Fsp3) is 0.357. The lowest BCUT2D eigenvalue weighted by Gasteiger charge is -2.07. The maximum atomic E-state index is 5.80. The summed E-state index contributed by atoms with van der Waals surface area (Å²) in [5.41, 5.74) is 8.33. The molecule has 1 fully saturated rings. The number of hydrogen-bond donors (Lipinski definition) is 1. The molecule has 104 valence electrons. The number of anilines is 1. The van der Waals surface area contributed by atoms with Crippen molar-refractivity contribution in [2.45, 2.75) is 34.7 Å². The first-order chi connectivity index (χ1) is 9.76. The van der Waals surface area contributed by atoms with E-state index in [1.807, 2.05) is 18.5 Å². The van der Waals surface area contributed by atoms with Gasteiger partial charge in [-0.15, -0.1) is 11.8 Å². The molecule has 0 unspecified atom stereocenters. The van der Waals surface area contributed by atoms with E-state index in [1.54, 1.807) is 29.6 Å². The van der Waals surface area contributed by atoms with E-state index in [1.165, 1.54) is 18.4 Å². The van der Waals surface area contributed by atoms with Gasteiger partial charge in [-0.05, 0) is 36.6 Å². The minimum atomic E-state index is 0.523. The van der Waals surface area contributed by atoms with E-state index in [0.717, 1.165) is 21.6 Å². The summed E-state index contributed by atoms with van der Waals surface area (Å²) in [5, 5.41) is 1.63. The van der Waals surface area contributed by atoms with E-state index in [-0.39, 0.29) is 0 Å². The lowest BCUT2D eigenvalue weighted by molar-refractivity contribution is 0.898. The first-order valence-corrected chi connectivity index (χ1v) is 8.72. The van der Waals surface area contributed by atoms with E-state index >= 15 is 0 Å². The fourth-order valence-corrected chi connectivity index (χ4v) is 3.37. The highest BCUT2D eigenvalue weighted by molar-refractivity contribution is 7.99. The number of nitrogens with two attached hydrogens (primary N) is 1. The van der Waals surface area contributed by atoms with E-state index in [4.69, 9.17) is 5.73 Å². The molecule has 6 heteroatoms. The SMILES string of the molecule is CSc1cc(N)nc(SCc2ncccc2C2CC2)n1. The van der Waals surface area contributed by atoms with E-state index in [2.05, 4.69) is 21.0 Å². The van der Waals surface area contributed by atoms with Crippen LogP contribution in [0, 0.1) is 0 Å². The van der Waals surface area contributed by atoms with Crippen molar-refractivity contribution in [2.75, 3.05) is 12.0 Å². The monoisotopic (exact) mass is 304 g/mol. The van der Waals surface area contributed by atoms with Crippen molar-refractivity contribution >= 4 is 29.3 Å². The highest BCUT2D eigenvalue weighted by atomic mass is 32.2. The van der Waals surface area contributed by atoms with Gasteiger partial charge in [-0.3, -0.25) is 4.98 Å². The number of thioether (sulfide) groups is 2. The average molecular weight is 304 g/mol. The van der Waals surface area contributed by atoms with Crippen LogP contribution in [0.15, 0.2) is 34.6 Å². The topological polar surface area (TPSA) is 64.7 Å². The van der Waals surface area contributed by atoms with Gasteiger partial charge in [0, 0.05) is 18.0 Å². The van der Waals surface area contributed by atoms with Gasteiger partial charge >= 0.3 is 0 Å². The summed E-state index contributed by atoms with van der Waals surface area (Å²) in [6.45, 7) is 0. The smallest absolute Gasteiger partial charge is 0.190 e. The first kappa shape index (κ1) is 13.7. The van der Waals surface area contributed by atoms with Crippen LogP contribution in [-0.4, -0.2) is 21.2 Å². The van der Waals surface area contributed by atoms with Crippen molar-refractivity contribution in [1.29, 1.82) is 0 Å². The molecule has 0 aromatic carbocycles. The Hall–Kier alpha value is -1.27. The summed E-state index contributed by atoms with van der Waals surface area (Å²) in [4.78, 5) is 13.2. The predicted molar refractivity (Wildman–Crippen MR) is 84.0 cm³/mol. The molecule has 2 aromatic rings. The van der Waals surface area contributed by atoms with E-state index in [9.17, 15) is 0 Å². The van der Waals surface area contributed by atoms with Gasteiger partial charge in [0.15, 0.2) is 5.16 Å². The number of nitrogens with zero attached hydrogens (tertiary/aromatic N) is 3. The van der Waals surface area contributed by atoms with Gasteiger partial charge in [0.25, 0.3) is 0 Å². The molecule has 2 aromatic heterocycles. The van der Waals surface area contributed by atoms with E-state index in [0.29, 0.717) is 11.7 Å². The third-order valence-corrected chi connectivity index (χ3v) is 4.68. The Morgan fingerprint density at radius 2 is 2.20 bits per heavy atom.